The van der Waals surface area contributed by atoms with Crippen LogP contribution in [0.2, 0.25) is 0 Å². The first-order chi connectivity index (χ1) is 10.3. The second-order valence-corrected chi connectivity index (χ2v) is 6.87. The van der Waals surface area contributed by atoms with Crippen LogP contribution in [0.3, 0.4) is 0 Å². The number of amides is 1. The van der Waals surface area contributed by atoms with E-state index in [2.05, 4.69) is 34.5 Å². The van der Waals surface area contributed by atoms with Crippen LogP contribution >= 0.6 is 0 Å². The summed E-state index contributed by atoms with van der Waals surface area (Å²) in [6, 6.07) is 8.50. The molecule has 2 saturated heterocycles. The molecule has 1 aromatic rings. The molecule has 4 rings (SSSR count). The van der Waals surface area contributed by atoms with Crippen molar-refractivity contribution < 1.29 is 4.79 Å². The van der Waals surface area contributed by atoms with Gasteiger partial charge in [-0.05, 0) is 61.7 Å². The molecule has 0 radical (unpaired) electrons. The van der Waals surface area contributed by atoms with Crippen molar-refractivity contribution >= 4 is 5.91 Å². The maximum atomic E-state index is 12.9. The van der Waals surface area contributed by atoms with Gasteiger partial charge >= 0.3 is 0 Å². The average molecular weight is 284 g/mol. The topological polar surface area (TPSA) is 32.3 Å². The number of hydrogen-bond donors (Lipinski definition) is 1. The zero-order valence-corrected chi connectivity index (χ0v) is 12.6. The van der Waals surface area contributed by atoms with Gasteiger partial charge in [0, 0.05) is 13.1 Å². The first kappa shape index (κ1) is 13.3. The smallest absolute Gasteiger partial charge is 0.230 e. The molecule has 1 aliphatic carbocycles. The van der Waals surface area contributed by atoms with E-state index in [4.69, 9.17) is 0 Å². The van der Waals surface area contributed by atoms with E-state index < -0.39 is 0 Å². The van der Waals surface area contributed by atoms with E-state index in [9.17, 15) is 4.79 Å². The molecule has 0 bridgehead atoms. The average Bonchev–Trinajstić information content (AvgIpc) is 3.09. The van der Waals surface area contributed by atoms with Gasteiger partial charge in [-0.25, -0.2) is 0 Å². The lowest BCUT2D eigenvalue weighted by molar-refractivity contribution is -0.132. The lowest BCUT2D eigenvalue weighted by Crippen LogP contribution is -2.36. The first-order valence-electron chi connectivity index (χ1n) is 8.40. The maximum absolute atomic E-state index is 12.9. The van der Waals surface area contributed by atoms with Crippen molar-refractivity contribution in [3.63, 3.8) is 0 Å². The number of carbonyl (C=O) groups is 1. The Morgan fingerprint density at radius 3 is 2.52 bits per heavy atom. The maximum Gasteiger partial charge on any atom is 0.230 e. The number of likely N-dealkylation sites (tertiary alicyclic amines) is 1. The summed E-state index contributed by atoms with van der Waals surface area (Å²) in [6.45, 7) is 4.22. The molecule has 1 N–H and O–H groups in total. The van der Waals surface area contributed by atoms with Gasteiger partial charge in [0.1, 0.15) is 0 Å². The first-order valence-corrected chi connectivity index (χ1v) is 8.40. The fourth-order valence-electron chi connectivity index (χ4n) is 4.47. The molecule has 0 aromatic heterocycles. The summed E-state index contributed by atoms with van der Waals surface area (Å²) in [6.07, 6.45) is 4.42. The summed E-state index contributed by atoms with van der Waals surface area (Å²) >= 11 is 0. The highest BCUT2D eigenvalue weighted by atomic mass is 16.2. The van der Waals surface area contributed by atoms with Gasteiger partial charge < -0.3 is 10.2 Å². The summed E-state index contributed by atoms with van der Waals surface area (Å²) in [4.78, 5) is 15.1. The number of carbonyl (C=O) groups excluding carboxylic acids is 1. The van der Waals surface area contributed by atoms with Crippen LogP contribution in [-0.2, 0) is 11.2 Å². The molecule has 3 heteroatoms. The second kappa shape index (κ2) is 5.45. The summed E-state index contributed by atoms with van der Waals surface area (Å²) in [7, 11) is 0. The molecule has 3 aliphatic rings. The van der Waals surface area contributed by atoms with Gasteiger partial charge in [-0.2, -0.15) is 0 Å². The zero-order valence-electron chi connectivity index (χ0n) is 12.6. The van der Waals surface area contributed by atoms with Crippen LogP contribution in [-0.4, -0.2) is 37.0 Å². The van der Waals surface area contributed by atoms with Crippen LogP contribution in [0.5, 0.6) is 0 Å². The standard InChI is InChI=1S/C18H24N2O/c21-18(17-6-5-13-3-1-2-4-16(13)17)20-9-7-14-11-19-12-15(14)8-10-20/h1-4,14-15,17,19H,5-12H2/t14-,15+,17?. The number of aryl methyl sites for hydroxylation is 1. The zero-order chi connectivity index (χ0) is 14.2. The minimum atomic E-state index is 0.122. The summed E-state index contributed by atoms with van der Waals surface area (Å²) in [5, 5.41) is 3.50. The number of benzene rings is 1. The number of rotatable bonds is 1. The molecular formula is C18H24N2O. The Morgan fingerprint density at radius 2 is 1.76 bits per heavy atom. The van der Waals surface area contributed by atoms with Crippen LogP contribution in [0.1, 0.15) is 36.3 Å². The predicted molar refractivity (Wildman–Crippen MR) is 83.2 cm³/mol. The van der Waals surface area contributed by atoms with Crippen molar-refractivity contribution in [3.05, 3.63) is 35.4 Å². The monoisotopic (exact) mass is 284 g/mol. The number of nitrogens with zero attached hydrogens (tertiary/aromatic N) is 1. The highest BCUT2D eigenvalue weighted by Gasteiger charge is 2.35. The molecule has 1 amide bonds. The minimum Gasteiger partial charge on any atom is -0.342 e. The predicted octanol–water partition coefficient (Wildman–Crippen LogP) is 2.17. The van der Waals surface area contributed by atoms with E-state index >= 15 is 0 Å². The lowest BCUT2D eigenvalue weighted by Gasteiger charge is -2.25. The van der Waals surface area contributed by atoms with Crippen LogP contribution in [0.15, 0.2) is 24.3 Å². The molecule has 3 nitrogen and oxygen atoms in total. The molecule has 2 fully saturated rings. The van der Waals surface area contributed by atoms with Gasteiger partial charge in [-0.1, -0.05) is 24.3 Å². The third kappa shape index (κ3) is 2.38. The van der Waals surface area contributed by atoms with E-state index in [1.807, 2.05) is 0 Å². The lowest BCUT2D eigenvalue weighted by atomic mass is 9.92. The van der Waals surface area contributed by atoms with Gasteiger partial charge in [0.25, 0.3) is 0 Å². The van der Waals surface area contributed by atoms with Crippen LogP contribution in [0, 0.1) is 11.8 Å². The Morgan fingerprint density at radius 1 is 1.05 bits per heavy atom. The van der Waals surface area contributed by atoms with Gasteiger partial charge in [0.2, 0.25) is 5.91 Å². The Labute approximate surface area is 126 Å². The Balaban J connectivity index is 1.48. The quantitative estimate of drug-likeness (QED) is 0.857. The molecular weight excluding hydrogens is 260 g/mol. The molecule has 1 aromatic carbocycles. The van der Waals surface area contributed by atoms with Crippen molar-refractivity contribution in [1.29, 1.82) is 0 Å². The normalized spacial score (nSPS) is 31.6. The van der Waals surface area contributed by atoms with E-state index in [0.717, 1.165) is 50.9 Å². The highest BCUT2D eigenvalue weighted by molar-refractivity contribution is 5.85. The number of fused-ring (bicyclic) bond motifs is 2. The Hall–Kier alpha value is -1.35. The SMILES string of the molecule is O=C(C1CCc2ccccc21)N1CC[C@@H]2CNC[C@@H]2CC1. The molecule has 0 spiro atoms. The number of hydrogen-bond acceptors (Lipinski definition) is 2. The summed E-state index contributed by atoms with van der Waals surface area (Å²) in [5.74, 6) is 2.09. The van der Waals surface area contributed by atoms with E-state index in [1.54, 1.807) is 0 Å². The Kier molecular flexibility index (Phi) is 3.46. The number of nitrogens with one attached hydrogen (secondary N) is 1. The molecule has 112 valence electrons. The molecule has 2 heterocycles. The van der Waals surface area contributed by atoms with Gasteiger partial charge in [0.05, 0.1) is 5.92 Å². The van der Waals surface area contributed by atoms with Crippen LogP contribution in [0.4, 0.5) is 0 Å². The van der Waals surface area contributed by atoms with Crippen LogP contribution < -0.4 is 5.32 Å². The van der Waals surface area contributed by atoms with Crippen molar-refractivity contribution in [2.24, 2.45) is 11.8 Å². The van der Waals surface area contributed by atoms with E-state index in [0.29, 0.717) is 5.91 Å². The molecule has 3 atom stereocenters. The van der Waals surface area contributed by atoms with Crippen molar-refractivity contribution in [2.75, 3.05) is 26.2 Å². The van der Waals surface area contributed by atoms with Crippen molar-refractivity contribution in [1.82, 2.24) is 10.2 Å². The van der Waals surface area contributed by atoms with Crippen LogP contribution in [0.25, 0.3) is 0 Å². The van der Waals surface area contributed by atoms with E-state index in [-0.39, 0.29) is 5.92 Å². The summed E-state index contributed by atoms with van der Waals surface area (Å²) in [5.41, 5.74) is 2.67. The fraction of sp³-hybridized carbons (Fsp3) is 0.611. The minimum absolute atomic E-state index is 0.122. The second-order valence-electron chi connectivity index (χ2n) is 6.87. The largest absolute Gasteiger partial charge is 0.342 e. The molecule has 2 aliphatic heterocycles. The fourth-order valence-corrected chi connectivity index (χ4v) is 4.47. The van der Waals surface area contributed by atoms with Gasteiger partial charge in [0.15, 0.2) is 0 Å². The molecule has 0 saturated carbocycles. The third-order valence-corrected chi connectivity index (χ3v) is 5.76. The Bertz CT molecular complexity index is 528. The van der Waals surface area contributed by atoms with Crippen molar-refractivity contribution in [3.8, 4) is 0 Å². The third-order valence-electron chi connectivity index (χ3n) is 5.76. The molecule has 1 unspecified atom stereocenters. The van der Waals surface area contributed by atoms with Gasteiger partial charge in [-0.15, -0.1) is 0 Å². The van der Waals surface area contributed by atoms with E-state index in [1.165, 1.54) is 24.0 Å². The highest BCUT2D eigenvalue weighted by Crippen LogP contribution is 2.35. The van der Waals surface area contributed by atoms with Crippen molar-refractivity contribution in [2.45, 2.75) is 31.6 Å². The molecule has 21 heavy (non-hydrogen) atoms. The van der Waals surface area contributed by atoms with Gasteiger partial charge in [-0.3, -0.25) is 4.79 Å². The summed E-state index contributed by atoms with van der Waals surface area (Å²) < 4.78 is 0.